The maximum absolute atomic E-state index is 5.87. The van der Waals surface area contributed by atoms with Gasteiger partial charge in [-0.3, -0.25) is 0 Å². The lowest BCUT2D eigenvalue weighted by atomic mass is 9.99. The van der Waals surface area contributed by atoms with E-state index in [0.29, 0.717) is 6.61 Å². The second-order valence-corrected chi connectivity index (χ2v) is 5.83. The zero-order chi connectivity index (χ0) is 14.7. The SMILES string of the molecule is Cc1cc2c(ccc3nc4c(cc32)COc2ccccc2-4)[nH]1. The molecule has 4 aromatic rings. The van der Waals surface area contributed by atoms with Crippen LogP contribution in [0.1, 0.15) is 11.3 Å². The zero-order valence-electron chi connectivity index (χ0n) is 12.2. The third-order valence-corrected chi connectivity index (χ3v) is 4.34. The molecule has 1 N–H and O–H groups in total. The summed E-state index contributed by atoms with van der Waals surface area (Å²) in [6.45, 7) is 2.66. The fourth-order valence-electron chi connectivity index (χ4n) is 3.33. The number of pyridine rings is 1. The Morgan fingerprint density at radius 3 is 2.91 bits per heavy atom. The summed E-state index contributed by atoms with van der Waals surface area (Å²) in [6.07, 6.45) is 0. The first-order valence-corrected chi connectivity index (χ1v) is 7.44. The van der Waals surface area contributed by atoms with Crippen molar-refractivity contribution in [2.75, 3.05) is 0 Å². The fourth-order valence-corrected chi connectivity index (χ4v) is 3.33. The van der Waals surface area contributed by atoms with Crippen molar-refractivity contribution in [1.82, 2.24) is 9.97 Å². The number of rotatable bonds is 0. The van der Waals surface area contributed by atoms with Crippen LogP contribution in [0.4, 0.5) is 0 Å². The molecule has 0 saturated carbocycles. The van der Waals surface area contributed by atoms with Crippen molar-refractivity contribution in [3.05, 3.63) is 59.8 Å². The largest absolute Gasteiger partial charge is 0.488 e. The fraction of sp³-hybridized carbons (Fsp3) is 0.105. The van der Waals surface area contributed by atoms with Gasteiger partial charge in [0.2, 0.25) is 0 Å². The number of nitrogens with one attached hydrogen (secondary N) is 1. The van der Waals surface area contributed by atoms with Gasteiger partial charge >= 0.3 is 0 Å². The molecule has 0 spiro atoms. The van der Waals surface area contributed by atoms with Gasteiger partial charge in [-0.1, -0.05) is 12.1 Å². The van der Waals surface area contributed by atoms with Gasteiger partial charge in [-0.25, -0.2) is 4.98 Å². The Bertz CT molecular complexity index is 1050. The van der Waals surface area contributed by atoms with E-state index in [0.717, 1.165) is 33.6 Å². The van der Waals surface area contributed by atoms with E-state index in [2.05, 4.69) is 42.2 Å². The van der Waals surface area contributed by atoms with Crippen LogP contribution in [0, 0.1) is 6.92 Å². The highest BCUT2D eigenvalue weighted by atomic mass is 16.5. The number of hydrogen-bond donors (Lipinski definition) is 1. The second-order valence-electron chi connectivity index (χ2n) is 5.83. The number of benzene rings is 2. The van der Waals surface area contributed by atoms with E-state index in [-0.39, 0.29) is 0 Å². The van der Waals surface area contributed by atoms with Gasteiger partial charge in [-0.05, 0) is 43.3 Å². The molecule has 3 heterocycles. The van der Waals surface area contributed by atoms with Crippen LogP contribution in [0.5, 0.6) is 5.75 Å². The number of aryl methyl sites for hydroxylation is 1. The van der Waals surface area contributed by atoms with Crippen LogP contribution in [0.3, 0.4) is 0 Å². The van der Waals surface area contributed by atoms with Crippen LogP contribution in [0.25, 0.3) is 33.1 Å². The number of hydrogen-bond acceptors (Lipinski definition) is 2. The Hall–Kier alpha value is -2.81. The molecule has 0 radical (unpaired) electrons. The number of ether oxygens (including phenoxy) is 1. The molecule has 1 aliphatic rings. The maximum atomic E-state index is 5.87. The molecule has 2 aromatic heterocycles. The van der Waals surface area contributed by atoms with Crippen LogP contribution < -0.4 is 4.74 Å². The van der Waals surface area contributed by atoms with E-state index in [9.17, 15) is 0 Å². The van der Waals surface area contributed by atoms with Gasteiger partial charge in [0.15, 0.2) is 0 Å². The number of aromatic amines is 1. The summed E-state index contributed by atoms with van der Waals surface area (Å²) in [5.41, 5.74) is 6.63. The van der Waals surface area contributed by atoms with Crippen molar-refractivity contribution >= 4 is 21.8 Å². The van der Waals surface area contributed by atoms with E-state index in [1.54, 1.807) is 0 Å². The Morgan fingerprint density at radius 1 is 1.05 bits per heavy atom. The standard InChI is InChI=1S/C19H14N2O/c1-11-8-14-15-9-12-10-22-18-5-3-2-4-13(18)19(12)21-17(15)7-6-16(14)20-11/h2-9,20H,10H2,1H3. The Morgan fingerprint density at radius 2 is 1.95 bits per heavy atom. The highest BCUT2D eigenvalue weighted by molar-refractivity contribution is 6.06. The molecule has 22 heavy (non-hydrogen) atoms. The summed E-state index contributed by atoms with van der Waals surface area (Å²) in [4.78, 5) is 8.31. The van der Waals surface area contributed by atoms with Crippen LogP contribution in [0.2, 0.25) is 0 Å². The van der Waals surface area contributed by atoms with E-state index in [1.807, 2.05) is 18.2 Å². The lowest BCUT2D eigenvalue weighted by Crippen LogP contribution is -2.07. The smallest absolute Gasteiger partial charge is 0.129 e. The quantitative estimate of drug-likeness (QED) is 0.513. The van der Waals surface area contributed by atoms with Gasteiger partial charge in [0.1, 0.15) is 12.4 Å². The van der Waals surface area contributed by atoms with Crippen LogP contribution in [-0.4, -0.2) is 9.97 Å². The number of aromatic nitrogens is 2. The first-order valence-electron chi connectivity index (χ1n) is 7.44. The van der Waals surface area contributed by atoms with E-state index < -0.39 is 0 Å². The molecule has 5 rings (SSSR count). The summed E-state index contributed by atoms with van der Waals surface area (Å²) in [6, 6.07) is 16.7. The second kappa shape index (κ2) is 4.10. The molecule has 0 fully saturated rings. The normalized spacial score (nSPS) is 13.0. The lowest BCUT2D eigenvalue weighted by Gasteiger charge is -2.20. The van der Waals surface area contributed by atoms with E-state index >= 15 is 0 Å². The molecule has 0 unspecified atom stereocenters. The zero-order valence-corrected chi connectivity index (χ0v) is 12.2. The van der Waals surface area contributed by atoms with Crippen molar-refractivity contribution in [1.29, 1.82) is 0 Å². The topological polar surface area (TPSA) is 37.9 Å². The molecule has 1 aliphatic heterocycles. The minimum Gasteiger partial charge on any atom is -0.488 e. The van der Waals surface area contributed by atoms with Gasteiger partial charge in [0.05, 0.1) is 11.2 Å². The first kappa shape index (κ1) is 11.8. The van der Waals surface area contributed by atoms with Gasteiger partial charge in [0.25, 0.3) is 0 Å². The van der Waals surface area contributed by atoms with E-state index in [4.69, 9.17) is 9.72 Å². The molecular formula is C19H14N2O. The summed E-state index contributed by atoms with van der Waals surface area (Å²) in [5.74, 6) is 0.917. The summed E-state index contributed by atoms with van der Waals surface area (Å²) >= 11 is 0. The van der Waals surface area contributed by atoms with Crippen LogP contribution >= 0.6 is 0 Å². The highest BCUT2D eigenvalue weighted by Gasteiger charge is 2.19. The molecular weight excluding hydrogens is 272 g/mol. The van der Waals surface area contributed by atoms with Gasteiger partial charge in [0, 0.05) is 33.1 Å². The molecule has 3 heteroatoms. The Kier molecular flexibility index (Phi) is 2.20. The molecule has 0 amide bonds. The van der Waals surface area contributed by atoms with Gasteiger partial charge in [-0.15, -0.1) is 0 Å². The monoisotopic (exact) mass is 286 g/mol. The number of nitrogens with zero attached hydrogens (tertiary/aromatic N) is 1. The summed E-state index contributed by atoms with van der Waals surface area (Å²) in [5, 5.41) is 2.41. The minimum absolute atomic E-state index is 0.578. The Balaban J connectivity index is 1.87. The summed E-state index contributed by atoms with van der Waals surface area (Å²) in [7, 11) is 0. The molecule has 0 saturated heterocycles. The number of H-pyrrole nitrogens is 1. The van der Waals surface area contributed by atoms with Crippen molar-refractivity contribution in [2.24, 2.45) is 0 Å². The van der Waals surface area contributed by atoms with Crippen LogP contribution in [-0.2, 0) is 6.61 Å². The lowest BCUT2D eigenvalue weighted by molar-refractivity contribution is 0.302. The van der Waals surface area contributed by atoms with Crippen molar-refractivity contribution < 1.29 is 4.74 Å². The van der Waals surface area contributed by atoms with E-state index in [1.165, 1.54) is 16.5 Å². The minimum atomic E-state index is 0.578. The number of fused-ring (bicyclic) bond motifs is 6. The molecule has 0 aliphatic carbocycles. The van der Waals surface area contributed by atoms with Crippen molar-refractivity contribution in [2.45, 2.75) is 13.5 Å². The highest BCUT2D eigenvalue weighted by Crippen LogP contribution is 2.38. The molecule has 3 nitrogen and oxygen atoms in total. The Labute approximate surface area is 127 Å². The molecule has 0 bridgehead atoms. The molecule has 106 valence electrons. The van der Waals surface area contributed by atoms with Crippen LogP contribution in [0.15, 0.2) is 48.5 Å². The summed E-state index contributed by atoms with van der Waals surface area (Å²) < 4.78 is 5.87. The molecule has 0 atom stereocenters. The van der Waals surface area contributed by atoms with Gasteiger partial charge in [-0.2, -0.15) is 0 Å². The molecule has 2 aromatic carbocycles. The first-order chi connectivity index (χ1) is 10.8. The van der Waals surface area contributed by atoms with Gasteiger partial charge < -0.3 is 9.72 Å². The average Bonchev–Trinajstić information content (AvgIpc) is 2.94. The average molecular weight is 286 g/mol. The van der Waals surface area contributed by atoms with Crippen molar-refractivity contribution in [3.63, 3.8) is 0 Å². The predicted molar refractivity (Wildman–Crippen MR) is 88.1 cm³/mol. The third-order valence-electron chi connectivity index (χ3n) is 4.34. The maximum Gasteiger partial charge on any atom is 0.129 e. The predicted octanol–water partition coefficient (Wildman–Crippen LogP) is 4.58. The third kappa shape index (κ3) is 1.53. The number of para-hydroxylation sites is 1. The van der Waals surface area contributed by atoms with Crippen molar-refractivity contribution in [3.8, 4) is 17.0 Å².